The quantitative estimate of drug-likeness (QED) is 0.697. The molecule has 1 aromatic heterocycles. The molecular weight excluding hydrogens is 364 g/mol. The highest BCUT2D eigenvalue weighted by Crippen LogP contribution is 2.41. The molecule has 2 aliphatic rings. The maximum absolute atomic E-state index is 9.99. The number of likely N-dealkylation sites (tertiary alicyclic amines) is 1. The van der Waals surface area contributed by atoms with Gasteiger partial charge in [-0.05, 0) is 37.1 Å². The average molecular weight is 392 g/mol. The first-order valence-corrected chi connectivity index (χ1v) is 10.3. The summed E-state index contributed by atoms with van der Waals surface area (Å²) < 4.78 is 11.9. The summed E-state index contributed by atoms with van der Waals surface area (Å²) in [6.45, 7) is 6.88. The lowest BCUT2D eigenvalue weighted by molar-refractivity contribution is 0.124. The van der Waals surface area contributed by atoms with Crippen LogP contribution in [-0.4, -0.2) is 49.9 Å². The third-order valence-electron chi connectivity index (χ3n) is 6.79. The minimum absolute atomic E-state index is 0.000907. The van der Waals surface area contributed by atoms with Crippen LogP contribution < -0.4 is 10.1 Å². The second-order valence-electron chi connectivity index (χ2n) is 8.58. The predicted molar refractivity (Wildman–Crippen MR) is 114 cm³/mol. The molecule has 0 bridgehead atoms. The molecule has 152 valence electrons. The molecule has 2 saturated heterocycles. The molecule has 0 spiro atoms. The number of fused-ring (bicyclic) bond motifs is 2. The number of rotatable bonds is 5. The van der Waals surface area contributed by atoms with Gasteiger partial charge in [-0.1, -0.05) is 30.3 Å². The Morgan fingerprint density at radius 2 is 2.10 bits per heavy atom. The van der Waals surface area contributed by atoms with Crippen LogP contribution in [0.5, 0.6) is 5.75 Å². The Hall–Kier alpha value is -2.34. The van der Waals surface area contributed by atoms with E-state index in [1.807, 2.05) is 13.0 Å². The van der Waals surface area contributed by atoms with Crippen LogP contribution in [0.4, 0.5) is 0 Å². The second kappa shape index (κ2) is 7.17. The van der Waals surface area contributed by atoms with Crippen LogP contribution >= 0.6 is 0 Å². The normalized spacial score (nSPS) is 24.3. The number of ether oxygens (including phenoxy) is 1. The summed E-state index contributed by atoms with van der Waals surface area (Å²) in [5.74, 6) is 2.33. The Morgan fingerprint density at radius 3 is 2.83 bits per heavy atom. The third-order valence-corrected chi connectivity index (χ3v) is 6.79. The van der Waals surface area contributed by atoms with Crippen molar-refractivity contribution in [3.63, 3.8) is 0 Å². The molecule has 2 aliphatic heterocycles. The molecule has 5 rings (SSSR count). The number of nitrogens with zero attached hydrogens (tertiary/aromatic N) is 1. The van der Waals surface area contributed by atoms with Gasteiger partial charge in [-0.25, -0.2) is 0 Å². The molecule has 3 heterocycles. The second-order valence-corrected chi connectivity index (χ2v) is 8.58. The molecule has 0 saturated carbocycles. The monoisotopic (exact) mass is 392 g/mol. The highest BCUT2D eigenvalue weighted by Gasteiger charge is 2.49. The number of hydrogen-bond acceptors (Lipinski definition) is 5. The molecule has 0 aliphatic carbocycles. The number of methoxy groups -OCH3 is 1. The summed E-state index contributed by atoms with van der Waals surface area (Å²) in [5.41, 5.74) is 4.32. The summed E-state index contributed by atoms with van der Waals surface area (Å²) in [6, 6.07) is 14.6. The van der Waals surface area contributed by atoms with Crippen molar-refractivity contribution < 1.29 is 14.3 Å². The van der Waals surface area contributed by atoms with Crippen molar-refractivity contribution in [1.29, 1.82) is 0 Å². The average Bonchev–Trinajstić information content (AvgIpc) is 3.37. The van der Waals surface area contributed by atoms with Crippen LogP contribution in [0, 0.1) is 18.3 Å². The Balaban J connectivity index is 1.49. The fourth-order valence-corrected chi connectivity index (χ4v) is 5.28. The van der Waals surface area contributed by atoms with Crippen LogP contribution in [-0.2, 0) is 6.54 Å². The zero-order valence-corrected chi connectivity index (χ0v) is 17.1. The van der Waals surface area contributed by atoms with E-state index in [1.165, 1.54) is 0 Å². The van der Waals surface area contributed by atoms with Crippen molar-refractivity contribution in [2.75, 3.05) is 39.9 Å². The third kappa shape index (κ3) is 3.05. The van der Waals surface area contributed by atoms with Crippen LogP contribution in [0.15, 0.2) is 46.9 Å². The molecule has 0 amide bonds. The first-order valence-electron chi connectivity index (χ1n) is 10.3. The van der Waals surface area contributed by atoms with Gasteiger partial charge in [0, 0.05) is 48.1 Å². The highest BCUT2D eigenvalue weighted by atomic mass is 16.5. The number of hydrogen-bond donors (Lipinski definition) is 2. The van der Waals surface area contributed by atoms with Gasteiger partial charge in [-0.3, -0.25) is 4.90 Å². The fourth-order valence-electron chi connectivity index (χ4n) is 5.28. The molecule has 0 radical (unpaired) electrons. The van der Waals surface area contributed by atoms with E-state index in [0.717, 1.165) is 71.9 Å². The Morgan fingerprint density at radius 1 is 1.28 bits per heavy atom. The van der Waals surface area contributed by atoms with Gasteiger partial charge in [0.15, 0.2) is 0 Å². The zero-order chi connectivity index (χ0) is 20.0. The molecule has 2 fully saturated rings. The number of furan rings is 1. The predicted octanol–water partition coefficient (Wildman–Crippen LogP) is 3.43. The van der Waals surface area contributed by atoms with Crippen molar-refractivity contribution in [2.24, 2.45) is 11.3 Å². The SMILES string of the molecule is COc1cc2c(-c3ccccc3)c(C)oc2cc1CN1CC2CNCC2(CO)C1. The molecule has 5 heteroatoms. The maximum atomic E-state index is 9.99. The number of aryl methyl sites for hydroxylation is 1. The molecule has 3 aromatic rings. The summed E-state index contributed by atoms with van der Waals surface area (Å²) in [5, 5.41) is 14.5. The number of aliphatic hydroxyl groups is 1. The van der Waals surface area contributed by atoms with Crippen molar-refractivity contribution in [1.82, 2.24) is 10.2 Å². The first kappa shape index (κ1) is 18.7. The van der Waals surface area contributed by atoms with E-state index >= 15 is 0 Å². The molecule has 5 nitrogen and oxygen atoms in total. The van der Waals surface area contributed by atoms with E-state index in [2.05, 4.69) is 46.6 Å². The molecule has 2 unspecified atom stereocenters. The van der Waals surface area contributed by atoms with Gasteiger partial charge in [0.2, 0.25) is 0 Å². The van der Waals surface area contributed by atoms with E-state index in [1.54, 1.807) is 7.11 Å². The van der Waals surface area contributed by atoms with Crippen molar-refractivity contribution in [2.45, 2.75) is 13.5 Å². The number of aliphatic hydroxyl groups excluding tert-OH is 1. The molecule has 2 N–H and O–H groups in total. The smallest absolute Gasteiger partial charge is 0.135 e. The minimum atomic E-state index is -0.000907. The van der Waals surface area contributed by atoms with Crippen LogP contribution in [0.1, 0.15) is 11.3 Å². The largest absolute Gasteiger partial charge is 0.496 e. The molecule has 29 heavy (non-hydrogen) atoms. The summed E-state index contributed by atoms with van der Waals surface area (Å²) in [6.07, 6.45) is 0. The summed E-state index contributed by atoms with van der Waals surface area (Å²) >= 11 is 0. The van der Waals surface area contributed by atoms with Gasteiger partial charge in [0.1, 0.15) is 17.1 Å². The van der Waals surface area contributed by atoms with E-state index < -0.39 is 0 Å². The van der Waals surface area contributed by atoms with Crippen LogP contribution in [0.25, 0.3) is 22.1 Å². The lowest BCUT2D eigenvalue weighted by atomic mass is 9.82. The van der Waals surface area contributed by atoms with Gasteiger partial charge in [-0.2, -0.15) is 0 Å². The Bertz CT molecular complexity index is 1030. The van der Waals surface area contributed by atoms with E-state index in [4.69, 9.17) is 9.15 Å². The number of nitrogens with one attached hydrogen (secondary N) is 1. The van der Waals surface area contributed by atoms with Gasteiger partial charge in [0.05, 0.1) is 13.7 Å². The Labute approximate surface area is 171 Å². The van der Waals surface area contributed by atoms with Crippen LogP contribution in [0.2, 0.25) is 0 Å². The van der Waals surface area contributed by atoms with Crippen LogP contribution in [0.3, 0.4) is 0 Å². The van der Waals surface area contributed by atoms with E-state index in [9.17, 15) is 5.11 Å². The summed E-state index contributed by atoms with van der Waals surface area (Å²) in [4.78, 5) is 2.44. The topological polar surface area (TPSA) is 57.9 Å². The standard InChI is InChI=1S/C24H28N2O3/c1-16-23(17-6-4-3-5-7-17)20-9-21(28-2)18(8-22(20)29-16)11-26-12-19-10-25-13-24(19,14-26)15-27/h3-9,19,25,27H,10-15H2,1-2H3. The lowest BCUT2D eigenvalue weighted by Gasteiger charge is -2.25. The maximum Gasteiger partial charge on any atom is 0.135 e. The van der Waals surface area contributed by atoms with Crippen molar-refractivity contribution in [3.8, 4) is 16.9 Å². The molecular formula is C24H28N2O3. The van der Waals surface area contributed by atoms with Gasteiger partial charge < -0.3 is 19.6 Å². The fraction of sp³-hybridized carbons (Fsp3) is 0.417. The minimum Gasteiger partial charge on any atom is -0.496 e. The molecule has 2 atom stereocenters. The van der Waals surface area contributed by atoms with E-state index in [0.29, 0.717) is 5.92 Å². The lowest BCUT2D eigenvalue weighted by Crippen LogP contribution is -2.35. The zero-order valence-electron chi connectivity index (χ0n) is 17.1. The van der Waals surface area contributed by atoms with E-state index in [-0.39, 0.29) is 12.0 Å². The Kier molecular flexibility index (Phi) is 4.62. The van der Waals surface area contributed by atoms with Crippen molar-refractivity contribution in [3.05, 3.63) is 53.8 Å². The molecule has 2 aromatic carbocycles. The van der Waals surface area contributed by atoms with Gasteiger partial charge in [-0.15, -0.1) is 0 Å². The number of benzene rings is 2. The first-order chi connectivity index (χ1) is 14.1. The van der Waals surface area contributed by atoms with Gasteiger partial charge in [0.25, 0.3) is 0 Å². The van der Waals surface area contributed by atoms with Gasteiger partial charge >= 0.3 is 0 Å². The van der Waals surface area contributed by atoms with Crippen molar-refractivity contribution >= 4 is 11.0 Å². The summed E-state index contributed by atoms with van der Waals surface area (Å²) in [7, 11) is 1.73. The highest BCUT2D eigenvalue weighted by molar-refractivity contribution is 5.97.